The lowest BCUT2D eigenvalue weighted by Crippen LogP contribution is -2.14. The first-order chi connectivity index (χ1) is 16.4. The van der Waals surface area contributed by atoms with Crippen LogP contribution in [0.1, 0.15) is 5.56 Å². The summed E-state index contributed by atoms with van der Waals surface area (Å²) in [4.78, 5) is 12.6. The summed E-state index contributed by atoms with van der Waals surface area (Å²) >= 11 is 2.15. The lowest BCUT2D eigenvalue weighted by molar-refractivity contribution is -0.112. The van der Waals surface area contributed by atoms with E-state index in [1.54, 1.807) is 36.4 Å². The van der Waals surface area contributed by atoms with Crippen molar-refractivity contribution in [2.24, 2.45) is 0 Å². The van der Waals surface area contributed by atoms with Gasteiger partial charge in [-0.15, -0.1) is 0 Å². The van der Waals surface area contributed by atoms with E-state index in [1.165, 1.54) is 24.3 Å². The molecule has 1 N–H and O–H groups in total. The zero-order valence-electron chi connectivity index (χ0n) is 17.6. The average Bonchev–Trinajstić information content (AvgIpc) is 2.84. The third-order valence-corrected chi connectivity index (χ3v) is 6.84. The van der Waals surface area contributed by atoms with Crippen molar-refractivity contribution in [3.05, 3.63) is 106 Å². The number of amides is 1. The van der Waals surface area contributed by atoms with Gasteiger partial charge in [0.05, 0.1) is 0 Å². The van der Waals surface area contributed by atoms with E-state index >= 15 is 0 Å². The Bertz CT molecular complexity index is 1560. The van der Waals surface area contributed by atoms with Gasteiger partial charge in [-0.25, -0.2) is 0 Å². The van der Waals surface area contributed by atoms with Gasteiger partial charge < -0.3 is 9.50 Å². The van der Waals surface area contributed by atoms with Crippen molar-refractivity contribution in [3.63, 3.8) is 0 Å². The van der Waals surface area contributed by atoms with Crippen LogP contribution in [0.2, 0.25) is 0 Å². The maximum absolute atomic E-state index is 13.0. The monoisotopic (exact) mass is 580 g/mol. The number of halogens is 1. The fourth-order valence-electron chi connectivity index (χ4n) is 3.20. The smallest absolute Gasteiger partial charge is 0.339 e. The molecule has 0 aliphatic rings. The molecule has 0 bridgehead atoms. The SMILES string of the molecule is N#C/C(=C/c1ccccc1OS(=O)(=O)c1ccc2ccccc2c1)C(=O)Nc1ccc(I)cc1. The molecule has 0 saturated carbocycles. The van der Waals surface area contributed by atoms with E-state index in [0.717, 1.165) is 14.3 Å². The van der Waals surface area contributed by atoms with Crippen molar-refractivity contribution in [3.8, 4) is 11.8 Å². The predicted octanol–water partition coefficient (Wildman–Crippen LogP) is 5.76. The van der Waals surface area contributed by atoms with E-state index in [4.69, 9.17) is 4.18 Å². The van der Waals surface area contributed by atoms with Crippen LogP contribution >= 0.6 is 22.6 Å². The second-order valence-electron chi connectivity index (χ2n) is 7.22. The second-order valence-corrected chi connectivity index (χ2v) is 10.0. The highest BCUT2D eigenvalue weighted by Crippen LogP contribution is 2.27. The van der Waals surface area contributed by atoms with Gasteiger partial charge in [-0.3, -0.25) is 4.79 Å². The normalized spacial score (nSPS) is 11.6. The van der Waals surface area contributed by atoms with E-state index < -0.39 is 16.0 Å². The molecule has 8 heteroatoms. The maximum atomic E-state index is 13.0. The second kappa shape index (κ2) is 10.1. The zero-order chi connectivity index (χ0) is 24.1. The molecule has 4 aromatic carbocycles. The van der Waals surface area contributed by atoms with Crippen LogP contribution in [0.25, 0.3) is 16.8 Å². The van der Waals surface area contributed by atoms with Gasteiger partial charge in [0.1, 0.15) is 22.3 Å². The van der Waals surface area contributed by atoms with Gasteiger partial charge in [-0.1, -0.05) is 48.5 Å². The molecule has 34 heavy (non-hydrogen) atoms. The highest BCUT2D eigenvalue weighted by molar-refractivity contribution is 14.1. The molecule has 0 spiro atoms. The number of nitriles is 1. The number of carbonyl (C=O) groups is 1. The fraction of sp³-hybridized carbons (Fsp3) is 0. The quantitative estimate of drug-likeness (QED) is 0.136. The largest absolute Gasteiger partial charge is 0.378 e. The number of carbonyl (C=O) groups excluding carboxylic acids is 1. The summed E-state index contributed by atoms with van der Waals surface area (Å²) in [7, 11) is -4.16. The lowest BCUT2D eigenvalue weighted by atomic mass is 10.1. The van der Waals surface area contributed by atoms with Gasteiger partial charge in [0.15, 0.2) is 0 Å². The Hall–Kier alpha value is -3.68. The van der Waals surface area contributed by atoms with Gasteiger partial charge >= 0.3 is 10.1 Å². The Kier molecular flexibility index (Phi) is 6.95. The summed E-state index contributed by atoms with van der Waals surface area (Å²) in [6.07, 6.45) is 1.30. The molecule has 0 aromatic heterocycles. The average molecular weight is 580 g/mol. The highest BCUT2D eigenvalue weighted by Gasteiger charge is 2.19. The molecule has 0 heterocycles. The molecule has 0 aliphatic heterocycles. The molecule has 4 aromatic rings. The van der Waals surface area contributed by atoms with Crippen LogP contribution in [0.4, 0.5) is 5.69 Å². The van der Waals surface area contributed by atoms with Gasteiger partial charge in [-0.2, -0.15) is 13.7 Å². The Morgan fingerprint density at radius 2 is 1.59 bits per heavy atom. The predicted molar refractivity (Wildman–Crippen MR) is 140 cm³/mol. The number of rotatable bonds is 6. The summed E-state index contributed by atoms with van der Waals surface area (Å²) in [5, 5.41) is 13.9. The van der Waals surface area contributed by atoms with Gasteiger partial charge in [0.25, 0.3) is 5.91 Å². The minimum Gasteiger partial charge on any atom is -0.378 e. The van der Waals surface area contributed by atoms with Crippen molar-refractivity contribution < 1.29 is 17.4 Å². The first-order valence-electron chi connectivity index (χ1n) is 10.1. The number of anilines is 1. The van der Waals surface area contributed by atoms with Crippen LogP contribution in [0.5, 0.6) is 5.75 Å². The number of fused-ring (bicyclic) bond motifs is 1. The summed E-state index contributed by atoms with van der Waals surface area (Å²) < 4.78 is 32.4. The van der Waals surface area contributed by atoms with E-state index in [1.807, 2.05) is 42.5 Å². The molecule has 168 valence electrons. The van der Waals surface area contributed by atoms with Crippen LogP contribution in [0, 0.1) is 14.9 Å². The number of nitrogens with one attached hydrogen (secondary N) is 1. The third-order valence-electron chi connectivity index (χ3n) is 4.90. The Morgan fingerprint density at radius 1 is 0.912 bits per heavy atom. The Balaban J connectivity index is 1.62. The summed E-state index contributed by atoms with van der Waals surface area (Å²) in [5.41, 5.74) is 0.619. The van der Waals surface area contributed by atoms with Crippen LogP contribution < -0.4 is 9.50 Å². The number of para-hydroxylation sites is 1. The molecule has 1 amide bonds. The van der Waals surface area contributed by atoms with Crippen LogP contribution in [-0.2, 0) is 14.9 Å². The third kappa shape index (κ3) is 5.44. The Labute approximate surface area is 210 Å². The van der Waals surface area contributed by atoms with Crippen molar-refractivity contribution >= 4 is 61.2 Å². The molecule has 0 atom stereocenters. The molecular weight excluding hydrogens is 563 g/mol. The van der Waals surface area contributed by atoms with Crippen molar-refractivity contribution in [2.75, 3.05) is 5.32 Å². The maximum Gasteiger partial charge on any atom is 0.339 e. The molecule has 0 aliphatic carbocycles. The number of hydrogen-bond donors (Lipinski definition) is 1. The van der Waals surface area contributed by atoms with Crippen LogP contribution in [-0.4, -0.2) is 14.3 Å². The summed E-state index contributed by atoms with van der Waals surface area (Å²) in [5.74, 6) is -0.610. The standard InChI is InChI=1S/C26H17IN2O4S/c27-22-10-12-23(13-11-22)29-26(30)21(17-28)15-20-7-3-4-8-25(20)33-34(31,32)24-14-9-18-5-1-2-6-19(18)16-24/h1-16H,(H,29,30)/b21-15-. The van der Waals surface area contributed by atoms with Gasteiger partial charge in [-0.05, 0) is 81.9 Å². The molecule has 0 fully saturated rings. The van der Waals surface area contributed by atoms with E-state index in [0.29, 0.717) is 5.69 Å². The van der Waals surface area contributed by atoms with E-state index in [2.05, 4.69) is 27.9 Å². The molecule has 0 radical (unpaired) electrons. The molecule has 0 unspecified atom stereocenters. The van der Waals surface area contributed by atoms with Gasteiger partial charge in [0.2, 0.25) is 0 Å². The first kappa shape index (κ1) is 23.5. The van der Waals surface area contributed by atoms with Crippen molar-refractivity contribution in [2.45, 2.75) is 4.90 Å². The van der Waals surface area contributed by atoms with Gasteiger partial charge in [0, 0.05) is 14.8 Å². The highest BCUT2D eigenvalue weighted by atomic mass is 127. The minimum atomic E-state index is -4.16. The van der Waals surface area contributed by atoms with E-state index in [9.17, 15) is 18.5 Å². The minimum absolute atomic E-state index is 0.00180. The van der Waals surface area contributed by atoms with Crippen LogP contribution in [0.3, 0.4) is 0 Å². The number of nitrogens with zero attached hydrogens (tertiary/aromatic N) is 1. The molecule has 0 saturated heterocycles. The summed E-state index contributed by atoms with van der Waals surface area (Å²) in [6.45, 7) is 0. The first-order valence-corrected chi connectivity index (χ1v) is 12.6. The molecule has 4 rings (SSSR count). The molecule has 6 nitrogen and oxygen atoms in total. The number of hydrogen-bond acceptors (Lipinski definition) is 5. The van der Waals surface area contributed by atoms with Crippen molar-refractivity contribution in [1.29, 1.82) is 5.26 Å². The zero-order valence-corrected chi connectivity index (χ0v) is 20.6. The lowest BCUT2D eigenvalue weighted by Gasteiger charge is -2.11. The topological polar surface area (TPSA) is 96.3 Å². The van der Waals surface area contributed by atoms with Crippen LogP contribution in [0.15, 0.2) is 101 Å². The number of benzene rings is 4. The summed E-state index contributed by atoms with van der Waals surface area (Å²) in [6, 6.07) is 27.4. The van der Waals surface area contributed by atoms with E-state index in [-0.39, 0.29) is 21.8 Å². The molecular formula is C26H17IN2O4S. The Morgan fingerprint density at radius 3 is 2.32 bits per heavy atom. The fourth-order valence-corrected chi connectivity index (χ4v) is 4.55. The van der Waals surface area contributed by atoms with Crippen molar-refractivity contribution in [1.82, 2.24) is 0 Å².